The molecule has 0 aromatic heterocycles. The fourth-order valence-corrected chi connectivity index (χ4v) is 2.21. The number of rotatable bonds is 2. The van der Waals surface area contributed by atoms with Crippen LogP contribution in [0.2, 0.25) is 0 Å². The summed E-state index contributed by atoms with van der Waals surface area (Å²) in [6.45, 7) is 2.61. The maximum Gasteiger partial charge on any atom is 0.159 e. The lowest BCUT2D eigenvalue weighted by molar-refractivity contribution is -0.0904. The van der Waals surface area contributed by atoms with Crippen molar-refractivity contribution in [1.82, 2.24) is 10.2 Å². The van der Waals surface area contributed by atoms with Gasteiger partial charge in [0, 0.05) is 19.1 Å². The number of aliphatic hydroxyl groups excluding tert-OH is 1. The van der Waals surface area contributed by atoms with Gasteiger partial charge in [0.25, 0.3) is 0 Å². The maximum absolute atomic E-state index is 13.3. The zero-order chi connectivity index (χ0) is 9.31. The third-order valence-electron chi connectivity index (χ3n) is 3.08. The molecule has 0 unspecified atom stereocenters. The van der Waals surface area contributed by atoms with Gasteiger partial charge in [0.2, 0.25) is 0 Å². The third-order valence-corrected chi connectivity index (χ3v) is 3.08. The Morgan fingerprint density at radius 2 is 2.00 bits per heavy atom. The fraction of sp³-hybridized carbons (Fsp3) is 1.00. The molecule has 2 fully saturated rings. The minimum absolute atomic E-state index is 0.325. The van der Waals surface area contributed by atoms with Gasteiger partial charge < -0.3 is 10.4 Å². The summed E-state index contributed by atoms with van der Waals surface area (Å²) < 4.78 is 13.3. The van der Waals surface area contributed by atoms with Gasteiger partial charge in [-0.2, -0.15) is 0 Å². The topological polar surface area (TPSA) is 35.5 Å². The minimum atomic E-state index is -1.30. The second kappa shape index (κ2) is 3.52. The van der Waals surface area contributed by atoms with E-state index in [1.165, 1.54) is 0 Å². The van der Waals surface area contributed by atoms with E-state index in [2.05, 4.69) is 10.2 Å². The smallest absolute Gasteiger partial charge is 0.159 e. The van der Waals surface area contributed by atoms with Crippen molar-refractivity contribution < 1.29 is 9.50 Å². The van der Waals surface area contributed by atoms with Crippen LogP contribution in [0.5, 0.6) is 0 Å². The van der Waals surface area contributed by atoms with Crippen molar-refractivity contribution in [3.05, 3.63) is 0 Å². The molecule has 0 aromatic carbocycles. The lowest BCUT2D eigenvalue weighted by atomic mass is 9.92. The van der Waals surface area contributed by atoms with Gasteiger partial charge in [-0.15, -0.1) is 0 Å². The molecule has 0 bridgehead atoms. The Bertz CT molecular complexity index is 176. The van der Waals surface area contributed by atoms with E-state index in [4.69, 9.17) is 5.11 Å². The molecular formula is C9H17FN2O. The highest BCUT2D eigenvalue weighted by atomic mass is 19.1. The molecule has 3 nitrogen and oxygen atoms in total. The molecule has 0 aromatic rings. The van der Waals surface area contributed by atoms with E-state index in [1.807, 2.05) is 0 Å². The molecule has 13 heavy (non-hydrogen) atoms. The number of likely N-dealkylation sites (tertiary alicyclic amines) is 1. The van der Waals surface area contributed by atoms with Crippen molar-refractivity contribution in [2.45, 2.75) is 24.6 Å². The lowest BCUT2D eigenvalue weighted by Gasteiger charge is -2.48. The van der Waals surface area contributed by atoms with Crippen LogP contribution < -0.4 is 5.32 Å². The second-order valence-electron chi connectivity index (χ2n) is 4.20. The molecule has 2 aliphatic heterocycles. The number of hydrogen-bond donors (Lipinski definition) is 2. The Hall–Kier alpha value is -0.190. The Morgan fingerprint density at radius 3 is 2.54 bits per heavy atom. The molecule has 76 valence electrons. The monoisotopic (exact) mass is 188 g/mol. The Kier molecular flexibility index (Phi) is 2.53. The molecule has 4 heteroatoms. The average Bonchev–Trinajstić information content (AvgIpc) is 2.14. The van der Waals surface area contributed by atoms with Crippen LogP contribution in [0.1, 0.15) is 12.8 Å². The van der Waals surface area contributed by atoms with Gasteiger partial charge in [-0.1, -0.05) is 0 Å². The number of hydrogen-bond acceptors (Lipinski definition) is 3. The molecular weight excluding hydrogens is 171 g/mol. The quantitative estimate of drug-likeness (QED) is 0.627. The molecule has 0 saturated carbocycles. The first-order chi connectivity index (χ1) is 6.23. The van der Waals surface area contributed by atoms with Crippen molar-refractivity contribution in [1.29, 1.82) is 0 Å². The Labute approximate surface area is 77.9 Å². The number of nitrogens with one attached hydrogen (secondary N) is 1. The van der Waals surface area contributed by atoms with E-state index >= 15 is 0 Å². The van der Waals surface area contributed by atoms with Gasteiger partial charge in [-0.3, -0.25) is 4.90 Å². The summed E-state index contributed by atoms with van der Waals surface area (Å²) >= 11 is 0. The van der Waals surface area contributed by atoms with Crippen LogP contribution in [0.25, 0.3) is 0 Å². The molecule has 0 atom stereocenters. The summed E-state index contributed by atoms with van der Waals surface area (Å²) in [4.78, 5) is 2.15. The van der Waals surface area contributed by atoms with Gasteiger partial charge in [-0.05, 0) is 25.9 Å². The summed E-state index contributed by atoms with van der Waals surface area (Å²) in [5, 5.41) is 12.0. The van der Waals surface area contributed by atoms with Crippen molar-refractivity contribution in [3.8, 4) is 0 Å². The molecule has 0 amide bonds. The lowest BCUT2D eigenvalue weighted by Crippen LogP contribution is -2.65. The van der Waals surface area contributed by atoms with Crippen molar-refractivity contribution in [2.75, 3.05) is 32.8 Å². The average molecular weight is 188 g/mol. The second-order valence-corrected chi connectivity index (χ2v) is 4.20. The van der Waals surface area contributed by atoms with E-state index in [0.717, 1.165) is 25.9 Å². The molecule has 0 spiro atoms. The SMILES string of the molecule is OCC1(F)CN(C2CCNCC2)C1. The van der Waals surface area contributed by atoms with Crippen LogP contribution in [-0.2, 0) is 0 Å². The van der Waals surface area contributed by atoms with Gasteiger partial charge in [0.15, 0.2) is 5.67 Å². The van der Waals surface area contributed by atoms with E-state index < -0.39 is 5.67 Å². The molecule has 2 rings (SSSR count). The highest BCUT2D eigenvalue weighted by Crippen LogP contribution is 2.29. The standard InChI is InChI=1S/C9H17FN2O/c10-9(7-13)5-12(6-9)8-1-3-11-4-2-8/h8,11,13H,1-7H2. The predicted molar refractivity (Wildman–Crippen MR) is 48.4 cm³/mol. The minimum Gasteiger partial charge on any atom is -0.393 e. The maximum atomic E-state index is 13.3. The van der Waals surface area contributed by atoms with Gasteiger partial charge in [-0.25, -0.2) is 4.39 Å². The van der Waals surface area contributed by atoms with E-state index in [0.29, 0.717) is 19.1 Å². The molecule has 2 N–H and O–H groups in total. The van der Waals surface area contributed by atoms with E-state index in [1.54, 1.807) is 0 Å². The number of nitrogens with zero attached hydrogens (tertiary/aromatic N) is 1. The summed E-state index contributed by atoms with van der Waals surface area (Å²) in [7, 11) is 0. The molecule has 0 radical (unpaired) electrons. The summed E-state index contributed by atoms with van der Waals surface area (Å²) in [5.41, 5.74) is -1.30. The summed E-state index contributed by atoms with van der Waals surface area (Å²) in [6.07, 6.45) is 2.23. The molecule has 2 saturated heterocycles. The van der Waals surface area contributed by atoms with Crippen molar-refractivity contribution in [2.24, 2.45) is 0 Å². The number of alkyl halides is 1. The van der Waals surface area contributed by atoms with Crippen LogP contribution in [0.4, 0.5) is 4.39 Å². The van der Waals surface area contributed by atoms with Crippen LogP contribution >= 0.6 is 0 Å². The molecule has 2 aliphatic rings. The van der Waals surface area contributed by atoms with Gasteiger partial charge in [0.05, 0.1) is 6.61 Å². The number of halogens is 1. The van der Waals surface area contributed by atoms with Gasteiger partial charge in [0.1, 0.15) is 0 Å². The van der Waals surface area contributed by atoms with Crippen LogP contribution in [0.15, 0.2) is 0 Å². The molecule has 0 aliphatic carbocycles. The first kappa shape index (κ1) is 9.37. The zero-order valence-corrected chi connectivity index (χ0v) is 7.80. The summed E-state index contributed by atoms with van der Waals surface area (Å²) in [6, 6.07) is 0.539. The zero-order valence-electron chi connectivity index (χ0n) is 7.80. The number of piperidine rings is 1. The van der Waals surface area contributed by atoms with Crippen molar-refractivity contribution >= 4 is 0 Å². The fourth-order valence-electron chi connectivity index (χ4n) is 2.21. The normalized spacial score (nSPS) is 30.0. The largest absolute Gasteiger partial charge is 0.393 e. The highest BCUT2D eigenvalue weighted by molar-refractivity contribution is 4.99. The Balaban J connectivity index is 1.78. The van der Waals surface area contributed by atoms with E-state index in [-0.39, 0.29) is 6.61 Å². The highest BCUT2D eigenvalue weighted by Gasteiger charge is 2.45. The van der Waals surface area contributed by atoms with Gasteiger partial charge >= 0.3 is 0 Å². The van der Waals surface area contributed by atoms with Crippen LogP contribution in [-0.4, -0.2) is 54.5 Å². The number of aliphatic hydroxyl groups is 1. The first-order valence-corrected chi connectivity index (χ1v) is 4.98. The molecule has 2 heterocycles. The summed E-state index contributed by atoms with van der Waals surface area (Å²) in [5.74, 6) is 0. The first-order valence-electron chi connectivity index (χ1n) is 4.98. The van der Waals surface area contributed by atoms with Crippen LogP contribution in [0.3, 0.4) is 0 Å². The Morgan fingerprint density at radius 1 is 1.38 bits per heavy atom. The predicted octanol–water partition coefficient (Wildman–Crippen LogP) is -0.245. The van der Waals surface area contributed by atoms with Crippen LogP contribution in [0, 0.1) is 0 Å². The van der Waals surface area contributed by atoms with Crippen molar-refractivity contribution in [3.63, 3.8) is 0 Å². The van der Waals surface area contributed by atoms with E-state index in [9.17, 15) is 4.39 Å². The third kappa shape index (κ3) is 1.85.